The number of hydrogen-bond donors (Lipinski definition) is 2. The number of hydrogen-bond acceptors (Lipinski definition) is 3. The second-order valence-corrected chi connectivity index (χ2v) is 5.29. The molecule has 2 aliphatic rings. The molecule has 0 radical (unpaired) electrons. The molecule has 2 fully saturated rings. The molecule has 3 rings (SSSR count). The van der Waals surface area contributed by atoms with Gasteiger partial charge in [-0.2, -0.15) is 0 Å². The lowest BCUT2D eigenvalue weighted by Gasteiger charge is -2.18. The second-order valence-electron chi connectivity index (χ2n) is 5.29. The van der Waals surface area contributed by atoms with Gasteiger partial charge in [-0.25, -0.2) is 0 Å². The lowest BCUT2D eigenvalue weighted by molar-refractivity contribution is 0.0778. The van der Waals surface area contributed by atoms with Gasteiger partial charge in [0.05, 0.1) is 0 Å². The molecule has 0 spiro atoms. The minimum absolute atomic E-state index is 0.168. The van der Waals surface area contributed by atoms with Crippen molar-refractivity contribution in [2.75, 3.05) is 13.1 Å². The van der Waals surface area contributed by atoms with E-state index in [0.717, 1.165) is 19.4 Å². The maximum Gasteiger partial charge on any atom is 0.260 e. The van der Waals surface area contributed by atoms with Crippen LogP contribution in [-0.2, 0) is 0 Å². The van der Waals surface area contributed by atoms with Gasteiger partial charge in [0.25, 0.3) is 11.5 Å². The van der Waals surface area contributed by atoms with Gasteiger partial charge in [0.1, 0.15) is 5.56 Å². The van der Waals surface area contributed by atoms with E-state index >= 15 is 0 Å². The number of fused-ring (bicyclic) bond motifs is 1. The molecule has 5 heteroatoms. The zero-order valence-corrected chi connectivity index (χ0v) is 10.1. The van der Waals surface area contributed by atoms with Gasteiger partial charge in [0.2, 0.25) is 0 Å². The number of aromatic nitrogens is 1. The van der Waals surface area contributed by atoms with Gasteiger partial charge in [-0.05, 0) is 36.8 Å². The first-order valence-electron chi connectivity index (χ1n) is 6.39. The van der Waals surface area contributed by atoms with E-state index in [2.05, 4.69) is 4.98 Å². The third-order valence-electron chi connectivity index (χ3n) is 4.25. The first-order chi connectivity index (χ1) is 8.66. The number of likely N-dealkylation sites (tertiary alicyclic amines) is 1. The Balaban J connectivity index is 1.80. The number of H-pyrrole nitrogens is 1. The van der Waals surface area contributed by atoms with Crippen LogP contribution in [0.2, 0.25) is 0 Å². The van der Waals surface area contributed by atoms with Gasteiger partial charge in [0, 0.05) is 25.3 Å². The van der Waals surface area contributed by atoms with Crippen molar-refractivity contribution in [2.24, 2.45) is 17.6 Å². The quantitative estimate of drug-likeness (QED) is 0.743. The Morgan fingerprint density at radius 3 is 2.94 bits per heavy atom. The minimum atomic E-state index is -0.316. The Hall–Kier alpha value is -1.62. The molecule has 0 aromatic carbocycles. The fourth-order valence-electron chi connectivity index (χ4n) is 3.23. The zero-order chi connectivity index (χ0) is 12.7. The smallest absolute Gasteiger partial charge is 0.260 e. The Bertz CT molecular complexity index is 525. The van der Waals surface area contributed by atoms with Crippen molar-refractivity contribution in [1.82, 2.24) is 9.88 Å². The van der Waals surface area contributed by atoms with Crippen LogP contribution in [0.5, 0.6) is 0 Å². The van der Waals surface area contributed by atoms with Crippen LogP contribution < -0.4 is 11.3 Å². The Kier molecular flexibility index (Phi) is 2.70. The maximum atomic E-state index is 12.3. The van der Waals surface area contributed by atoms with Crippen LogP contribution in [0, 0.1) is 11.8 Å². The number of carbonyl (C=O) groups is 1. The van der Waals surface area contributed by atoms with Crippen molar-refractivity contribution >= 4 is 5.91 Å². The predicted molar refractivity (Wildman–Crippen MR) is 67.2 cm³/mol. The third kappa shape index (κ3) is 1.75. The number of nitrogens with zero attached hydrogens (tertiary/aromatic N) is 1. The Labute approximate surface area is 105 Å². The molecule has 18 heavy (non-hydrogen) atoms. The van der Waals surface area contributed by atoms with Crippen LogP contribution >= 0.6 is 0 Å². The van der Waals surface area contributed by atoms with Gasteiger partial charge >= 0.3 is 0 Å². The largest absolute Gasteiger partial charge is 0.338 e. The number of aromatic amines is 1. The predicted octanol–water partition coefficient (Wildman–Crippen LogP) is 0.184. The summed E-state index contributed by atoms with van der Waals surface area (Å²) in [6.45, 7) is 1.44. The zero-order valence-electron chi connectivity index (χ0n) is 10.1. The molecule has 0 bridgehead atoms. The van der Waals surface area contributed by atoms with E-state index in [1.807, 2.05) is 0 Å². The summed E-state index contributed by atoms with van der Waals surface area (Å²) in [6, 6.07) is 3.47. The van der Waals surface area contributed by atoms with Crippen LogP contribution in [0.25, 0.3) is 0 Å². The summed E-state index contributed by atoms with van der Waals surface area (Å²) >= 11 is 0. The molecule has 1 aliphatic carbocycles. The normalized spacial score (nSPS) is 30.5. The fraction of sp³-hybridized carbons (Fsp3) is 0.538. The molecule has 3 unspecified atom stereocenters. The van der Waals surface area contributed by atoms with Gasteiger partial charge in [0.15, 0.2) is 0 Å². The van der Waals surface area contributed by atoms with E-state index in [1.54, 1.807) is 17.0 Å². The summed E-state index contributed by atoms with van der Waals surface area (Å²) in [4.78, 5) is 28.2. The van der Waals surface area contributed by atoms with Gasteiger partial charge in [-0.1, -0.05) is 0 Å². The molecule has 96 valence electrons. The highest BCUT2D eigenvalue weighted by Crippen LogP contribution is 2.37. The van der Waals surface area contributed by atoms with Crippen molar-refractivity contribution < 1.29 is 4.79 Å². The lowest BCUT2D eigenvalue weighted by Crippen LogP contribution is -2.35. The third-order valence-corrected chi connectivity index (χ3v) is 4.25. The number of rotatable bonds is 1. The summed E-state index contributed by atoms with van der Waals surface area (Å²) in [5.74, 6) is 0.766. The average Bonchev–Trinajstić information content (AvgIpc) is 2.92. The molecule has 1 amide bonds. The molecule has 1 saturated carbocycles. The summed E-state index contributed by atoms with van der Waals surface area (Å²) < 4.78 is 0. The number of nitrogens with one attached hydrogen (secondary N) is 1. The van der Waals surface area contributed by atoms with Gasteiger partial charge < -0.3 is 15.6 Å². The van der Waals surface area contributed by atoms with E-state index < -0.39 is 0 Å². The van der Waals surface area contributed by atoms with Crippen LogP contribution in [0.1, 0.15) is 23.2 Å². The molecule has 3 atom stereocenters. The van der Waals surface area contributed by atoms with E-state index in [1.165, 1.54) is 6.20 Å². The number of pyridine rings is 1. The van der Waals surface area contributed by atoms with Crippen molar-refractivity contribution in [2.45, 2.75) is 18.9 Å². The molecular weight excluding hydrogens is 230 g/mol. The van der Waals surface area contributed by atoms with Gasteiger partial charge in [-0.15, -0.1) is 0 Å². The topological polar surface area (TPSA) is 79.2 Å². The van der Waals surface area contributed by atoms with Crippen molar-refractivity contribution in [3.63, 3.8) is 0 Å². The van der Waals surface area contributed by atoms with Crippen LogP contribution in [-0.4, -0.2) is 34.9 Å². The molecule has 1 aromatic heterocycles. The highest BCUT2D eigenvalue weighted by atomic mass is 16.2. The monoisotopic (exact) mass is 247 g/mol. The fourth-order valence-corrected chi connectivity index (χ4v) is 3.23. The van der Waals surface area contributed by atoms with E-state index in [9.17, 15) is 9.59 Å². The molecular formula is C13H17N3O2. The molecule has 1 aromatic rings. The van der Waals surface area contributed by atoms with E-state index in [0.29, 0.717) is 18.4 Å². The summed E-state index contributed by atoms with van der Waals surface area (Å²) in [7, 11) is 0. The summed E-state index contributed by atoms with van der Waals surface area (Å²) in [5.41, 5.74) is 5.96. The lowest BCUT2D eigenvalue weighted by atomic mass is 9.98. The van der Waals surface area contributed by atoms with Crippen LogP contribution in [0.15, 0.2) is 23.1 Å². The van der Waals surface area contributed by atoms with Crippen molar-refractivity contribution in [3.8, 4) is 0 Å². The van der Waals surface area contributed by atoms with Crippen LogP contribution in [0.4, 0.5) is 0 Å². The number of amides is 1. The molecule has 2 heterocycles. The first kappa shape index (κ1) is 11.5. The highest BCUT2D eigenvalue weighted by Gasteiger charge is 2.42. The molecule has 3 N–H and O–H groups in total. The SMILES string of the molecule is NC1CCC2CN(C(=O)c3ccc[nH]c3=O)CC12. The maximum absolute atomic E-state index is 12.3. The van der Waals surface area contributed by atoms with Crippen molar-refractivity contribution in [3.05, 3.63) is 34.2 Å². The molecule has 1 aliphatic heterocycles. The van der Waals surface area contributed by atoms with E-state index in [-0.39, 0.29) is 23.1 Å². The standard InChI is InChI=1S/C13H17N3O2/c14-11-4-3-8-6-16(7-10(8)11)13(18)9-2-1-5-15-12(9)17/h1-2,5,8,10-11H,3-4,6-7,14H2,(H,15,17). The van der Waals surface area contributed by atoms with Gasteiger partial charge in [-0.3, -0.25) is 9.59 Å². The molecule has 1 saturated heterocycles. The number of carbonyl (C=O) groups excluding carboxylic acids is 1. The minimum Gasteiger partial charge on any atom is -0.338 e. The van der Waals surface area contributed by atoms with Crippen LogP contribution in [0.3, 0.4) is 0 Å². The first-order valence-corrected chi connectivity index (χ1v) is 6.39. The van der Waals surface area contributed by atoms with Crippen molar-refractivity contribution in [1.29, 1.82) is 0 Å². The Morgan fingerprint density at radius 1 is 1.39 bits per heavy atom. The number of nitrogens with two attached hydrogens (primary N) is 1. The highest BCUT2D eigenvalue weighted by molar-refractivity contribution is 5.94. The summed E-state index contributed by atoms with van der Waals surface area (Å²) in [6.07, 6.45) is 3.69. The van der Waals surface area contributed by atoms with E-state index in [4.69, 9.17) is 5.73 Å². The average molecular weight is 247 g/mol. The molecule has 5 nitrogen and oxygen atoms in total. The Morgan fingerprint density at radius 2 is 2.22 bits per heavy atom. The summed E-state index contributed by atoms with van der Waals surface area (Å²) in [5, 5.41) is 0. The second kappa shape index (κ2) is 4.24.